The number of nitrogens with zero attached hydrogens (tertiary/aromatic N) is 4. The van der Waals surface area contributed by atoms with E-state index in [-0.39, 0.29) is 17.5 Å². The quantitative estimate of drug-likeness (QED) is 0.703. The molecule has 118 valence electrons. The van der Waals surface area contributed by atoms with Gasteiger partial charge in [-0.2, -0.15) is 0 Å². The summed E-state index contributed by atoms with van der Waals surface area (Å²) in [6, 6.07) is -0.563. The molecule has 0 bridgehead atoms. The Morgan fingerprint density at radius 3 is 2.62 bits per heavy atom. The standard InChI is InChI=1S/C13H24N6O2/c1-9(2)7-10(13(21)18(3)4)15-12(20)11-8-19(6-5-14)17-16-11/h8-10H,5-7,14H2,1-4H3,(H,15,20). The molecule has 0 radical (unpaired) electrons. The second kappa shape index (κ2) is 7.72. The molecule has 1 heterocycles. The summed E-state index contributed by atoms with van der Waals surface area (Å²) >= 11 is 0. The van der Waals surface area contributed by atoms with Gasteiger partial charge < -0.3 is 16.0 Å². The molecule has 8 heteroatoms. The maximum absolute atomic E-state index is 12.2. The lowest BCUT2D eigenvalue weighted by atomic mass is 10.0. The molecule has 1 aromatic heterocycles. The third-order valence-corrected chi connectivity index (χ3v) is 2.88. The molecule has 2 amide bonds. The Morgan fingerprint density at radius 2 is 2.10 bits per heavy atom. The van der Waals surface area contributed by atoms with E-state index in [2.05, 4.69) is 15.6 Å². The summed E-state index contributed by atoms with van der Waals surface area (Å²) in [5, 5.41) is 10.3. The van der Waals surface area contributed by atoms with Gasteiger partial charge in [-0.1, -0.05) is 19.1 Å². The zero-order valence-electron chi connectivity index (χ0n) is 13.0. The van der Waals surface area contributed by atoms with Crippen molar-refractivity contribution in [2.24, 2.45) is 11.7 Å². The largest absolute Gasteiger partial charge is 0.347 e. The first-order valence-corrected chi connectivity index (χ1v) is 6.97. The molecule has 21 heavy (non-hydrogen) atoms. The van der Waals surface area contributed by atoms with Gasteiger partial charge in [-0.25, -0.2) is 0 Å². The first-order chi connectivity index (χ1) is 9.85. The minimum atomic E-state index is -0.563. The third-order valence-electron chi connectivity index (χ3n) is 2.88. The Bertz CT molecular complexity index is 483. The smallest absolute Gasteiger partial charge is 0.274 e. The fourth-order valence-corrected chi connectivity index (χ4v) is 1.88. The van der Waals surface area contributed by atoms with Crippen molar-refractivity contribution < 1.29 is 9.59 Å². The highest BCUT2D eigenvalue weighted by Crippen LogP contribution is 2.08. The number of hydrogen-bond acceptors (Lipinski definition) is 5. The van der Waals surface area contributed by atoms with Crippen LogP contribution in [0.5, 0.6) is 0 Å². The van der Waals surface area contributed by atoms with Crippen molar-refractivity contribution in [3.8, 4) is 0 Å². The van der Waals surface area contributed by atoms with Gasteiger partial charge in [-0.15, -0.1) is 5.10 Å². The van der Waals surface area contributed by atoms with Crippen LogP contribution in [0.4, 0.5) is 0 Å². The van der Waals surface area contributed by atoms with Crippen LogP contribution in [0.2, 0.25) is 0 Å². The molecule has 0 fully saturated rings. The molecule has 0 spiro atoms. The molecule has 3 N–H and O–H groups in total. The molecule has 1 rings (SSSR count). The molecule has 1 atom stereocenters. The van der Waals surface area contributed by atoms with E-state index in [1.165, 1.54) is 15.8 Å². The highest BCUT2D eigenvalue weighted by atomic mass is 16.2. The Hall–Kier alpha value is -1.96. The average molecular weight is 296 g/mol. The number of hydrogen-bond donors (Lipinski definition) is 2. The number of amides is 2. The van der Waals surface area contributed by atoms with Gasteiger partial charge in [0.15, 0.2) is 5.69 Å². The van der Waals surface area contributed by atoms with Crippen LogP contribution >= 0.6 is 0 Å². The van der Waals surface area contributed by atoms with E-state index in [1.807, 2.05) is 13.8 Å². The van der Waals surface area contributed by atoms with Crippen molar-refractivity contribution in [2.45, 2.75) is 32.9 Å². The summed E-state index contributed by atoms with van der Waals surface area (Å²) in [5.74, 6) is -0.252. The van der Waals surface area contributed by atoms with Crippen LogP contribution < -0.4 is 11.1 Å². The zero-order valence-corrected chi connectivity index (χ0v) is 13.0. The molecular weight excluding hydrogens is 272 g/mol. The lowest BCUT2D eigenvalue weighted by Crippen LogP contribution is -2.47. The predicted octanol–water partition coefficient (Wildman–Crippen LogP) is -0.530. The van der Waals surface area contributed by atoms with Gasteiger partial charge in [-0.05, 0) is 12.3 Å². The van der Waals surface area contributed by atoms with Crippen molar-refractivity contribution in [2.75, 3.05) is 20.6 Å². The minimum Gasteiger partial charge on any atom is -0.347 e. The van der Waals surface area contributed by atoms with Crippen LogP contribution in [0.1, 0.15) is 30.8 Å². The van der Waals surface area contributed by atoms with Gasteiger partial charge in [0.05, 0.1) is 12.7 Å². The topological polar surface area (TPSA) is 106 Å². The fourth-order valence-electron chi connectivity index (χ4n) is 1.88. The van der Waals surface area contributed by atoms with Crippen LogP contribution in [0.25, 0.3) is 0 Å². The number of nitrogens with two attached hydrogens (primary N) is 1. The van der Waals surface area contributed by atoms with Gasteiger partial charge >= 0.3 is 0 Å². The van der Waals surface area contributed by atoms with Gasteiger partial charge in [0.2, 0.25) is 5.91 Å². The van der Waals surface area contributed by atoms with E-state index in [4.69, 9.17) is 5.73 Å². The molecular formula is C13H24N6O2. The number of likely N-dealkylation sites (N-methyl/N-ethyl adjacent to an activating group) is 1. The Balaban J connectivity index is 2.76. The third kappa shape index (κ3) is 5.14. The van der Waals surface area contributed by atoms with Gasteiger partial charge in [0.25, 0.3) is 5.91 Å². The van der Waals surface area contributed by atoms with E-state index in [9.17, 15) is 9.59 Å². The summed E-state index contributed by atoms with van der Waals surface area (Å²) in [5.41, 5.74) is 5.60. The number of carbonyl (C=O) groups is 2. The monoisotopic (exact) mass is 296 g/mol. The molecule has 0 aliphatic heterocycles. The summed E-state index contributed by atoms with van der Waals surface area (Å²) in [4.78, 5) is 25.7. The maximum atomic E-state index is 12.2. The van der Waals surface area contributed by atoms with Crippen LogP contribution in [0.3, 0.4) is 0 Å². The van der Waals surface area contributed by atoms with Crippen molar-refractivity contribution in [3.05, 3.63) is 11.9 Å². The lowest BCUT2D eigenvalue weighted by molar-refractivity contribution is -0.131. The van der Waals surface area contributed by atoms with Gasteiger partial charge in [0, 0.05) is 20.6 Å². The average Bonchev–Trinajstić information content (AvgIpc) is 2.85. The van der Waals surface area contributed by atoms with Crippen LogP contribution in [0, 0.1) is 5.92 Å². The zero-order chi connectivity index (χ0) is 16.0. The van der Waals surface area contributed by atoms with Crippen LogP contribution in [-0.2, 0) is 11.3 Å². The number of aromatic nitrogens is 3. The van der Waals surface area contributed by atoms with E-state index in [0.717, 1.165) is 0 Å². The minimum absolute atomic E-state index is 0.133. The Kier molecular flexibility index (Phi) is 6.29. The molecule has 1 unspecified atom stereocenters. The highest BCUT2D eigenvalue weighted by Gasteiger charge is 2.24. The predicted molar refractivity (Wildman–Crippen MR) is 78.5 cm³/mol. The van der Waals surface area contributed by atoms with E-state index < -0.39 is 11.9 Å². The molecule has 0 saturated carbocycles. The first-order valence-electron chi connectivity index (χ1n) is 6.97. The SMILES string of the molecule is CC(C)CC(NC(=O)c1cn(CCN)nn1)C(=O)N(C)C. The van der Waals surface area contributed by atoms with E-state index >= 15 is 0 Å². The summed E-state index contributed by atoms with van der Waals surface area (Å²) in [7, 11) is 3.33. The highest BCUT2D eigenvalue weighted by molar-refractivity contribution is 5.95. The van der Waals surface area contributed by atoms with Crippen molar-refractivity contribution in [3.63, 3.8) is 0 Å². The van der Waals surface area contributed by atoms with E-state index in [0.29, 0.717) is 19.5 Å². The van der Waals surface area contributed by atoms with Crippen LogP contribution in [-0.4, -0.2) is 58.4 Å². The second-order valence-corrected chi connectivity index (χ2v) is 5.54. The number of nitrogens with one attached hydrogen (secondary N) is 1. The number of rotatable bonds is 7. The van der Waals surface area contributed by atoms with Crippen molar-refractivity contribution in [1.82, 2.24) is 25.2 Å². The van der Waals surface area contributed by atoms with Crippen molar-refractivity contribution in [1.29, 1.82) is 0 Å². The lowest BCUT2D eigenvalue weighted by Gasteiger charge is -2.22. The number of carbonyl (C=O) groups excluding carboxylic acids is 2. The summed E-state index contributed by atoms with van der Waals surface area (Å²) in [6.45, 7) is 4.91. The van der Waals surface area contributed by atoms with Crippen LogP contribution in [0.15, 0.2) is 6.20 Å². The Morgan fingerprint density at radius 1 is 1.43 bits per heavy atom. The maximum Gasteiger partial charge on any atom is 0.274 e. The summed E-state index contributed by atoms with van der Waals surface area (Å²) < 4.78 is 1.50. The molecule has 1 aromatic rings. The molecule has 0 saturated heterocycles. The normalized spacial score (nSPS) is 12.3. The Labute approximate surface area is 124 Å². The van der Waals surface area contributed by atoms with Gasteiger partial charge in [0.1, 0.15) is 6.04 Å². The molecule has 0 aliphatic carbocycles. The fraction of sp³-hybridized carbons (Fsp3) is 0.692. The molecule has 0 aliphatic rings. The van der Waals surface area contributed by atoms with E-state index in [1.54, 1.807) is 14.1 Å². The van der Waals surface area contributed by atoms with Crippen molar-refractivity contribution >= 4 is 11.8 Å². The summed E-state index contributed by atoms with van der Waals surface area (Å²) in [6.07, 6.45) is 2.09. The first kappa shape index (κ1) is 17.1. The molecule has 0 aromatic carbocycles. The second-order valence-electron chi connectivity index (χ2n) is 5.54. The van der Waals surface area contributed by atoms with Gasteiger partial charge in [-0.3, -0.25) is 14.3 Å². The molecule has 8 nitrogen and oxygen atoms in total.